The molecule has 1 aromatic rings. The number of carbonyl (C=O) groups is 4. The van der Waals surface area contributed by atoms with Crippen LogP contribution in [0.2, 0.25) is 0 Å². The van der Waals surface area contributed by atoms with E-state index in [2.05, 4.69) is 6.58 Å². The Balaban J connectivity index is 1.90. The summed E-state index contributed by atoms with van der Waals surface area (Å²) in [6.45, 7) is 3.85. The molecule has 12 heteroatoms. The van der Waals surface area contributed by atoms with Crippen LogP contribution in [-0.4, -0.2) is 93.2 Å². The van der Waals surface area contributed by atoms with Gasteiger partial charge in [-0.2, -0.15) is 0 Å². The maximum absolute atomic E-state index is 13.9. The first-order chi connectivity index (χ1) is 18.3. The van der Waals surface area contributed by atoms with Gasteiger partial charge in [0.05, 0.1) is 18.7 Å². The summed E-state index contributed by atoms with van der Waals surface area (Å²) in [5.74, 6) is -7.18. The van der Waals surface area contributed by atoms with Gasteiger partial charge >= 0.3 is 6.09 Å². The first kappa shape index (κ1) is 27.9. The number of aromatic hydroxyl groups is 1. The van der Waals surface area contributed by atoms with Crippen molar-refractivity contribution in [3.8, 4) is 5.75 Å². The number of methoxy groups -OCH3 is 1. The Kier molecular flexibility index (Phi) is 7.04. The molecule has 1 saturated carbocycles. The summed E-state index contributed by atoms with van der Waals surface area (Å²) < 4.78 is 4.84. The van der Waals surface area contributed by atoms with E-state index in [9.17, 15) is 39.6 Å². The minimum Gasteiger partial charge on any atom is -0.508 e. The second-order valence-corrected chi connectivity index (χ2v) is 10.2. The molecule has 0 aromatic heterocycles. The molecule has 0 heterocycles. The van der Waals surface area contributed by atoms with Crippen molar-refractivity contribution >= 4 is 29.3 Å². The Morgan fingerprint density at radius 3 is 2.46 bits per heavy atom. The lowest BCUT2D eigenvalue weighted by Gasteiger charge is -2.50. The van der Waals surface area contributed by atoms with Crippen LogP contribution in [-0.2, 0) is 32.1 Å². The Bertz CT molecular complexity index is 1360. The van der Waals surface area contributed by atoms with Crippen LogP contribution in [0.1, 0.15) is 23.1 Å². The molecule has 0 spiro atoms. The number of benzene rings is 1. The van der Waals surface area contributed by atoms with Gasteiger partial charge in [0.25, 0.3) is 5.91 Å². The molecule has 12 nitrogen and oxygen atoms in total. The molecule has 3 aliphatic carbocycles. The van der Waals surface area contributed by atoms with Crippen molar-refractivity contribution in [2.75, 3.05) is 27.7 Å². The van der Waals surface area contributed by atoms with Crippen LogP contribution in [0, 0.1) is 11.8 Å². The number of hydrogen-bond donors (Lipinski definition) is 5. The lowest BCUT2D eigenvalue weighted by molar-refractivity contribution is -0.153. The fourth-order valence-corrected chi connectivity index (χ4v) is 6.15. The van der Waals surface area contributed by atoms with Gasteiger partial charge in [-0.15, -0.1) is 6.58 Å². The molecule has 2 amide bonds. The van der Waals surface area contributed by atoms with Gasteiger partial charge in [-0.25, -0.2) is 4.79 Å². The predicted octanol–water partition coefficient (Wildman–Crippen LogP) is 0.718. The molecule has 1 unspecified atom stereocenters. The van der Waals surface area contributed by atoms with Crippen molar-refractivity contribution < 1.29 is 44.3 Å². The molecule has 6 N–H and O–H groups in total. The van der Waals surface area contributed by atoms with E-state index in [1.54, 1.807) is 6.07 Å². The van der Waals surface area contributed by atoms with Crippen LogP contribution >= 0.6 is 0 Å². The smallest absolute Gasteiger partial charge is 0.410 e. The number of nitrogens with zero attached hydrogens (tertiary/aromatic N) is 2. The molecule has 1 aromatic carbocycles. The second kappa shape index (κ2) is 9.86. The third-order valence-electron chi connectivity index (χ3n) is 7.84. The first-order valence-corrected chi connectivity index (χ1v) is 12.2. The molecule has 0 radical (unpaired) electrons. The minimum atomic E-state index is -2.70. The molecule has 1 fully saturated rings. The van der Waals surface area contributed by atoms with Crippen molar-refractivity contribution in [1.29, 1.82) is 0 Å². The maximum atomic E-state index is 13.9. The van der Waals surface area contributed by atoms with E-state index in [1.165, 1.54) is 43.1 Å². The van der Waals surface area contributed by atoms with Crippen LogP contribution in [0.4, 0.5) is 4.79 Å². The number of nitrogens with two attached hydrogens (primary N) is 1. The molecule has 4 atom stereocenters. The Morgan fingerprint density at radius 1 is 1.23 bits per heavy atom. The summed E-state index contributed by atoms with van der Waals surface area (Å²) in [6, 6.07) is 1.73. The van der Waals surface area contributed by atoms with Crippen molar-refractivity contribution in [3.05, 3.63) is 58.4 Å². The highest BCUT2D eigenvalue weighted by Crippen LogP contribution is 2.53. The molecular formula is C27H31N3O9. The van der Waals surface area contributed by atoms with E-state index < -0.39 is 64.1 Å². The Hall–Kier alpha value is -4.16. The van der Waals surface area contributed by atoms with Gasteiger partial charge < -0.3 is 35.8 Å². The number of likely N-dealkylation sites (N-methyl/N-ethyl adjacent to an activating group) is 1. The summed E-state index contributed by atoms with van der Waals surface area (Å²) in [6.07, 6.45) is 0.977. The molecule has 4 rings (SSSR count). The molecule has 39 heavy (non-hydrogen) atoms. The number of ketones is 2. The van der Waals surface area contributed by atoms with Gasteiger partial charge in [-0.1, -0.05) is 12.1 Å². The summed E-state index contributed by atoms with van der Waals surface area (Å²) in [7, 11) is 4.30. The average Bonchev–Trinajstić information content (AvgIpc) is 2.86. The van der Waals surface area contributed by atoms with E-state index in [4.69, 9.17) is 10.5 Å². The summed E-state index contributed by atoms with van der Waals surface area (Å²) in [4.78, 5) is 54.2. The van der Waals surface area contributed by atoms with Crippen molar-refractivity contribution in [2.24, 2.45) is 17.6 Å². The van der Waals surface area contributed by atoms with Crippen LogP contribution < -0.4 is 5.73 Å². The zero-order chi connectivity index (χ0) is 29.0. The largest absolute Gasteiger partial charge is 0.508 e. The van der Waals surface area contributed by atoms with E-state index in [0.717, 1.165) is 0 Å². The van der Waals surface area contributed by atoms with E-state index in [-0.39, 0.29) is 42.8 Å². The van der Waals surface area contributed by atoms with Gasteiger partial charge in [0.1, 0.15) is 22.8 Å². The Labute approximate surface area is 224 Å². The normalized spacial score (nSPS) is 26.1. The standard InChI is InChI=1S/C27H31N3O9/c1-5-8-30(26(37)39-4)11-12-6-7-16(31)18-14(12)9-13-10-15-20(29(2)3)22(33)19(25(28)36)24(35)27(15,38)23(34)17(13)21(18)32/h5-7,13,15,20,31-32,35,38H,1,8-11H2,2-4H3,(H2,28,36)/t13?,15-,20-,27-/m0/s1. The fraction of sp³-hybridized carbons (Fsp3) is 0.407. The lowest BCUT2D eigenvalue weighted by Crippen LogP contribution is -2.65. The maximum Gasteiger partial charge on any atom is 0.410 e. The van der Waals surface area contributed by atoms with Crippen molar-refractivity contribution in [1.82, 2.24) is 9.80 Å². The zero-order valence-electron chi connectivity index (χ0n) is 21.8. The number of amides is 2. The van der Waals surface area contributed by atoms with Gasteiger partial charge in [-0.3, -0.25) is 19.3 Å². The number of Topliss-reactive ketones (excluding diaryl/α,β-unsaturated/α-hetero) is 2. The number of hydrogen-bond acceptors (Lipinski definition) is 10. The number of aliphatic hydroxyl groups is 3. The topological polar surface area (TPSA) is 191 Å². The van der Waals surface area contributed by atoms with Gasteiger partial charge in [0.2, 0.25) is 5.78 Å². The summed E-state index contributed by atoms with van der Waals surface area (Å²) >= 11 is 0. The van der Waals surface area contributed by atoms with Crippen molar-refractivity contribution in [2.45, 2.75) is 31.0 Å². The number of primary amides is 1. The van der Waals surface area contributed by atoms with E-state index >= 15 is 0 Å². The highest BCUT2D eigenvalue weighted by molar-refractivity contribution is 6.24. The number of carbonyl (C=O) groups excluding carboxylic acids is 4. The quantitative estimate of drug-likeness (QED) is 0.253. The van der Waals surface area contributed by atoms with E-state index in [0.29, 0.717) is 11.1 Å². The highest BCUT2D eigenvalue weighted by Gasteiger charge is 2.64. The molecule has 0 bridgehead atoms. The minimum absolute atomic E-state index is 0.0335. The zero-order valence-corrected chi connectivity index (χ0v) is 21.8. The van der Waals surface area contributed by atoms with E-state index in [1.807, 2.05) is 0 Å². The molecule has 3 aliphatic rings. The lowest BCUT2D eigenvalue weighted by atomic mass is 9.57. The Morgan fingerprint density at radius 2 is 1.90 bits per heavy atom. The van der Waals surface area contributed by atoms with Crippen LogP contribution in [0.5, 0.6) is 5.75 Å². The fourth-order valence-electron chi connectivity index (χ4n) is 6.15. The monoisotopic (exact) mass is 541 g/mol. The SMILES string of the molecule is C=CCN(Cc1ccc(O)c2c1CC1C[C@H]3[C@H](N(C)C)C(=O)C(C(N)=O)=C(O)[C@@]3(O)C(=O)C1=C2O)C(=O)OC. The number of phenolic OH excluding ortho intramolecular Hbond substituents is 1. The molecule has 0 saturated heterocycles. The number of aliphatic hydroxyl groups excluding tert-OH is 2. The molecule has 208 valence electrons. The van der Waals surface area contributed by atoms with Crippen molar-refractivity contribution in [3.63, 3.8) is 0 Å². The number of phenols is 1. The third kappa shape index (κ3) is 4.07. The third-order valence-corrected chi connectivity index (χ3v) is 7.84. The summed E-state index contributed by atoms with van der Waals surface area (Å²) in [5.41, 5.74) is 2.50. The van der Waals surface area contributed by atoms with Crippen LogP contribution in [0.15, 0.2) is 41.7 Å². The van der Waals surface area contributed by atoms with Gasteiger partial charge in [0.15, 0.2) is 11.4 Å². The number of ether oxygens (including phenoxy) is 1. The first-order valence-electron chi connectivity index (χ1n) is 12.2. The second-order valence-electron chi connectivity index (χ2n) is 10.2. The number of rotatable bonds is 6. The van der Waals surface area contributed by atoms with Crippen LogP contribution in [0.3, 0.4) is 0 Å². The number of fused-ring (bicyclic) bond motifs is 3. The summed E-state index contributed by atoms with van der Waals surface area (Å²) in [5, 5.41) is 44.5. The average molecular weight is 542 g/mol. The molecule has 0 aliphatic heterocycles. The van der Waals surface area contributed by atoms with Crippen LogP contribution in [0.25, 0.3) is 5.76 Å². The molecular weight excluding hydrogens is 510 g/mol. The highest BCUT2D eigenvalue weighted by atomic mass is 16.5. The van der Waals surface area contributed by atoms with Gasteiger partial charge in [0, 0.05) is 24.6 Å². The van der Waals surface area contributed by atoms with Gasteiger partial charge in [-0.05, 0) is 50.0 Å². The predicted molar refractivity (Wildman–Crippen MR) is 137 cm³/mol.